The zero-order chi connectivity index (χ0) is 12.5. The fourth-order valence-electron chi connectivity index (χ4n) is 2.18. The summed E-state index contributed by atoms with van der Waals surface area (Å²) in [6.45, 7) is 6.63. The summed E-state index contributed by atoms with van der Waals surface area (Å²) in [6, 6.07) is 7.85. The number of nitrogens with one attached hydrogen (secondary N) is 1. The van der Waals surface area contributed by atoms with E-state index >= 15 is 0 Å². The maximum absolute atomic E-state index is 12.3. The number of carbonyl (C=O) groups excluding carboxylic acids is 1. The average Bonchev–Trinajstić information content (AvgIpc) is 2.60. The first kappa shape index (κ1) is 11.8. The summed E-state index contributed by atoms with van der Waals surface area (Å²) >= 11 is 0. The van der Waals surface area contributed by atoms with E-state index in [4.69, 9.17) is 0 Å². The van der Waals surface area contributed by atoms with Gasteiger partial charge in [-0.15, -0.1) is 0 Å². The van der Waals surface area contributed by atoms with Gasteiger partial charge in [-0.05, 0) is 31.9 Å². The highest BCUT2D eigenvalue weighted by atomic mass is 16.2. The third kappa shape index (κ3) is 1.75. The second kappa shape index (κ2) is 4.32. The Bertz CT molecular complexity index is 479. The summed E-state index contributed by atoms with van der Waals surface area (Å²) in [4.78, 5) is 16.8. The molecule has 1 amide bonds. The van der Waals surface area contributed by atoms with Gasteiger partial charge in [0.1, 0.15) is 5.41 Å². The maximum Gasteiger partial charge on any atom is 0.236 e. The maximum atomic E-state index is 12.3. The number of hydrogen-bond donors (Lipinski definition) is 1. The van der Waals surface area contributed by atoms with Crippen LogP contribution < -0.4 is 5.32 Å². The van der Waals surface area contributed by atoms with Crippen LogP contribution in [0.1, 0.15) is 32.8 Å². The van der Waals surface area contributed by atoms with Crippen LogP contribution in [0.5, 0.6) is 0 Å². The van der Waals surface area contributed by atoms with Crippen LogP contribution in [0, 0.1) is 0 Å². The van der Waals surface area contributed by atoms with Crippen molar-refractivity contribution in [3.63, 3.8) is 0 Å². The highest BCUT2D eigenvalue weighted by Gasteiger charge is 2.43. The van der Waals surface area contributed by atoms with Gasteiger partial charge in [0, 0.05) is 12.3 Å². The molecule has 3 heteroatoms. The molecule has 1 unspecified atom stereocenters. The van der Waals surface area contributed by atoms with E-state index in [9.17, 15) is 4.79 Å². The standard InChI is InChI=1S/C14H18N2O/c1-4-9-15-13(17)14(3)10(2)16-12-8-6-5-7-11(12)14/h5-8H,4,9H2,1-3H3,(H,15,17). The first-order chi connectivity index (χ1) is 8.10. The predicted molar refractivity (Wildman–Crippen MR) is 69.9 cm³/mol. The van der Waals surface area contributed by atoms with Crippen molar-refractivity contribution in [1.82, 2.24) is 5.32 Å². The minimum atomic E-state index is -0.605. The van der Waals surface area contributed by atoms with Crippen molar-refractivity contribution in [2.45, 2.75) is 32.6 Å². The number of fused-ring (bicyclic) bond motifs is 1. The Balaban J connectivity index is 2.38. The summed E-state index contributed by atoms with van der Waals surface area (Å²) in [5, 5.41) is 2.97. The first-order valence-corrected chi connectivity index (χ1v) is 6.04. The smallest absolute Gasteiger partial charge is 0.236 e. The Morgan fingerprint density at radius 1 is 1.41 bits per heavy atom. The molecule has 1 atom stereocenters. The molecule has 0 radical (unpaired) electrons. The Kier molecular flexibility index (Phi) is 3.01. The van der Waals surface area contributed by atoms with Gasteiger partial charge in [0.25, 0.3) is 0 Å². The molecule has 0 spiro atoms. The van der Waals surface area contributed by atoms with Crippen molar-refractivity contribution < 1.29 is 4.79 Å². The molecule has 1 aromatic rings. The zero-order valence-corrected chi connectivity index (χ0v) is 10.6. The molecule has 1 aliphatic heterocycles. The third-order valence-electron chi connectivity index (χ3n) is 3.44. The normalized spacial score (nSPS) is 21.9. The van der Waals surface area contributed by atoms with Gasteiger partial charge in [0.05, 0.1) is 5.69 Å². The van der Waals surface area contributed by atoms with Gasteiger partial charge in [-0.2, -0.15) is 0 Å². The summed E-state index contributed by atoms with van der Waals surface area (Å²) < 4.78 is 0. The summed E-state index contributed by atoms with van der Waals surface area (Å²) in [5.41, 5.74) is 2.18. The topological polar surface area (TPSA) is 41.5 Å². The van der Waals surface area contributed by atoms with Crippen LogP contribution in [0.4, 0.5) is 5.69 Å². The lowest BCUT2D eigenvalue weighted by Gasteiger charge is -2.24. The first-order valence-electron chi connectivity index (χ1n) is 6.04. The molecule has 0 aliphatic carbocycles. The number of hydrogen-bond acceptors (Lipinski definition) is 2. The number of rotatable bonds is 3. The molecule has 0 saturated heterocycles. The van der Waals surface area contributed by atoms with Gasteiger partial charge in [-0.25, -0.2) is 0 Å². The van der Waals surface area contributed by atoms with Crippen LogP contribution in [-0.2, 0) is 10.2 Å². The Morgan fingerprint density at radius 3 is 2.82 bits per heavy atom. The van der Waals surface area contributed by atoms with Crippen molar-refractivity contribution in [2.24, 2.45) is 4.99 Å². The molecule has 1 aliphatic rings. The van der Waals surface area contributed by atoms with E-state index in [2.05, 4.69) is 10.3 Å². The Hall–Kier alpha value is -1.64. The van der Waals surface area contributed by atoms with Crippen molar-refractivity contribution in [3.05, 3.63) is 29.8 Å². The van der Waals surface area contributed by atoms with Crippen molar-refractivity contribution >= 4 is 17.3 Å². The Labute approximate surface area is 102 Å². The van der Waals surface area contributed by atoms with Gasteiger partial charge < -0.3 is 5.32 Å². The molecule has 0 saturated carbocycles. The molecule has 1 aromatic carbocycles. The van der Waals surface area contributed by atoms with Crippen LogP contribution in [0.2, 0.25) is 0 Å². The second-order valence-electron chi connectivity index (χ2n) is 4.60. The minimum Gasteiger partial charge on any atom is -0.355 e. The van der Waals surface area contributed by atoms with Gasteiger partial charge >= 0.3 is 0 Å². The quantitative estimate of drug-likeness (QED) is 0.852. The number of benzene rings is 1. The minimum absolute atomic E-state index is 0.0468. The SMILES string of the molecule is CCCNC(=O)C1(C)C(C)=Nc2ccccc21. The largest absolute Gasteiger partial charge is 0.355 e. The third-order valence-corrected chi connectivity index (χ3v) is 3.44. The lowest BCUT2D eigenvalue weighted by atomic mass is 9.79. The number of nitrogens with zero attached hydrogens (tertiary/aromatic N) is 1. The molecule has 0 bridgehead atoms. The highest BCUT2D eigenvalue weighted by Crippen LogP contribution is 2.39. The number of aliphatic imine (C=N–C) groups is 1. The van der Waals surface area contributed by atoms with Crippen molar-refractivity contribution in [3.8, 4) is 0 Å². The average molecular weight is 230 g/mol. The molecule has 3 nitrogen and oxygen atoms in total. The molecule has 1 heterocycles. The molecule has 90 valence electrons. The fraction of sp³-hybridized carbons (Fsp3) is 0.429. The van der Waals surface area contributed by atoms with E-state index in [1.165, 1.54) is 0 Å². The van der Waals surface area contributed by atoms with Crippen LogP contribution in [0.15, 0.2) is 29.3 Å². The molecule has 2 rings (SSSR count). The molecule has 0 fully saturated rings. The lowest BCUT2D eigenvalue weighted by Crippen LogP contribution is -2.45. The van der Waals surface area contributed by atoms with E-state index in [-0.39, 0.29) is 5.91 Å². The Morgan fingerprint density at radius 2 is 2.12 bits per heavy atom. The van der Waals surface area contributed by atoms with Crippen LogP contribution in [0.3, 0.4) is 0 Å². The molecular formula is C14H18N2O. The van der Waals surface area contributed by atoms with Gasteiger partial charge in [-0.3, -0.25) is 9.79 Å². The van der Waals surface area contributed by atoms with Gasteiger partial charge in [0.15, 0.2) is 0 Å². The lowest BCUT2D eigenvalue weighted by molar-refractivity contribution is -0.123. The summed E-state index contributed by atoms with van der Waals surface area (Å²) in [6.07, 6.45) is 0.944. The number of carbonyl (C=O) groups is 1. The molecule has 0 aromatic heterocycles. The van der Waals surface area contributed by atoms with Crippen molar-refractivity contribution in [1.29, 1.82) is 0 Å². The van der Waals surface area contributed by atoms with Crippen LogP contribution >= 0.6 is 0 Å². The van der Waals surface area contributed by atoms with Crippen LogP contribution in [-0.4, -0.2) is 18.2 Å². The van der Waals surface area contributed by atoms with E-state index in [1.54, 1.807) is 0 Å². The molecule has 1 N–H and O–H groups in total. The molecule has 17 heavy (non-hydrogen) atoms. The van der Waals surface area contributed by atoms with Gasteiger partial charge in [0.2, 0.25) is 5.91 Å². The summed E-state index contributed by atoms with van der Waals surface area (Å²) in [7, 11) is 0. The monoisotopic (exact) mass is 230 g/mol. The van der Waals surface area contributed by atoms with E-state index < -0.39 is 5.41 Å². The molecular weight excluding hydrogens is 212 g/mol. The van der Waals surface area contributed by atoms with E-state index in [0.29, 0.717) is 6.54 Å². The zero-order valence-electron chi connectivity index (χ0n) is 10.6. The highest BCUT2D eigenvalue weighted by molar-refractivity contribution is 6.16. The second-order valence-corrected chi connectivity index (χ2v) is 4.60. The number of amides is 1. The van der Waals surface area contributed by atoms with Crippen molar-refractivity contribution in [2.75, 3.05) is 6.54 Å². The predicted octanol–water partition coefficient (Wildman–Crippen LogP) is 2.58. The van der Waals surface area contributed by atoms with Crippen LogP contribution in [0.25, 0.3) is 0 Å². The summed E-state index contributed by atoms with van der Waals surface area (Å²) in [5.74, 6) is 0.0468. The van der Waals surface area contributed by atoms with Gasteiger partial charge in [-0.1, -0.05) is 25.1 Å². The number of para-hydroxylation sites is 1. The van der Waals surface area contributed by atoms with E-state index in [0.717, 1.165) is 23.4 Å². The fourth-order valence-corrected chi connectivity index (χ4v) is 2.18. The van der Waals surface area contributed by atoms with E-state index in [1.807, 2.05) is 45.0 Å².